The van der Waals surface area contributed by atoms with Crippen molar-refractivity contribution in [3.05, 3.63) is 24.4 Å². The van der Waals surface area contributed by atoms with Gasteiger partial charge < -0.3 is 10.1 Å². The molecule has 25 heavy (non-hydrogen) atoms. The van der Waals surface area contributed by atoms with Crippen molar-refractivity contribution >= 4 is 0 Å². The first-order valence-corrected chi connectivity index (χ1v) is 11.0. The quantitative estimate of drug-likeness (QED) is 0.287. The molecule has 0 saturated heterocycles. The number of allylic oxidation sites excluding steroid dienone is 1. The van der Waals surface area contributed by atoms with Crippen LogP contribution in [0.25, 0.3) is 0 Å². The second kappa shape index (κ2) is 13.3. The Morgan fingerprint density at radius 3 is 1.68 bits per heavy atom. The molecule has 1 N–H and O–H groups in total. The summed E-state index contributed by atoms with van der Waals surface area (Å²) in [6.07, 6.45) is 22.4. The first-order valence-electron chi connectivity index (χ1n) is 11.0. The van der Waals surface area contributed by atoms with Crippen molar-refractivity contribution < 1.29 is 4.74 Å². The summed E-state index contributed by atoms with van der Waals surface area (Å²) >= 11 is 0. The van der Waals surface area contributed by atoms with Gasteiger partial charge in [-0.3, -0.25) is 0 Å². The van der Waals surface area contributed by atoms with E-state index in [1.165, 1.54) is 83.5 Å². The lowest BCUT2D eigenvalue weighted by Crippen LogP contribution is -2.22. The van der Waals surface area contributed by atoms with Gasteiger partial charge in [-0.05, 0) is 25.8 Å². The molecule has 0 aromatic heterocycles. The van der Waals surface area contributed by atoms with Gasteiger partial charge in [-0.1, -0.05) is 97.8 Å². The largest absolute Gasteiger partial charge is 0.444 e. The van der Waals surface area contributed by atoms with Crippen LogP contribution in [0.4, 0.5) is 0 Å². The molecule has 0 unspecified atom stereocenters. The van der Waals surface area contributed by atoms with E-state index in [9.17, 15) is 0 Å². The van der Waals surface area contributed by atoms with Crippen molar-refractivity contribution in [2.24, 2.45) is 5.41 Å². The molecule has 2 heteroatoms. The Labute approximate surface area is 157 Å². The Kier molecular flexibility index (Phi) is 11.8. The van der Waals surface area contributed by atoms with Gasteiger partial charge in [0, 0.05) is 11.6 Å². The predicted molar refractivity (Wildman–Crippen MR) is 110 cm³/mol. The molecular weight excluding hydrogens is 306 g/mol. The summed E-state index contributed by atoms with van der Waals surface area (Å²) in [4.78, 5) is 0. The normalized spacial score (nSPS) is 14.4. The van der Waals surface area contributed by atoms with Crippen LogP contribution in [0.5, 0.6) is 0 Å². The maximum atomic E-state index is 5.82. The minimum absolute atomic E-state index is 0.199. The number of hydrogen-bond donors (Lipinski definition) is 1. The van der Waals surface area contributed by atoms with Crippen LogP contribution in [0, 0.1) is 5.41 Å². The molecule has 0 amide bonds. The zero-order valence-corrected chi connectivity index (χ0v) is 17.3. The fourth-order valence-electron chi connectivity index (χ4n) is 3.98. The summed E-state index contributed by atoms with van der Waals surface area (Å²) in [5.41, 5.74) is 0.199. The van der Waals surface area contributed by atoms with Gasteiger partial charge in [0.15, 0.2) is 5.88 Å². The third kappa shape index (κ3) is 8.33. The van der Waals surface area contributed by atoms with Crippen molar-refractivity contribution in [1.29, 1.82) is 0 Å². The maximum absolute atomic E-state index is 5.82. The molecule has 146 valence electrons. The van der Waals surface area contributed by atoms with Gasteiger partial charge in [0.25, 0.3) is 0 Å². The Hall–Kier alpha value is -0.920. The molecule has 0 bridgehead atoms. The molecule has 1 rings (SSSR count). The SMILES string of the molecule is C=C1NC=C(C(CC)(CC)CCCCCCCCCCCCCC)O1. The van der Waals surface area contributed by atoms with E-state index in [1.54, 1.807) is 0 Å². The summed E-state index contributed by atoms with van der Waals surface area (Å²) in [5, 5.41) is 3.11. The van der Waals surface area contributed by atoms with E-state index in [-0.39, 0.29) is 5.41 Å². The van der Waals surface area contributed by atoms with Gasteiger partial charge in [0.1, 0.15) is 5.76 Å². The highest BCUT2D eigenvalue weighted by Crippen LogP contribution is 2.42. The maximum Gasteiger partial charge on any atom is 0.189 e. The molecule has 1 aliphatic rings. The first kappa shape index (κ1) is 22.1. The fraction of sp³-hybridized carbons (Fsp3) is 0.826. The molecule has 0 spiro atoms. The lowest BCUT2D eigenvalue weighted by atomic mass is 9.76. The highest BCUT2D eigenvalue weighted by atomic mass is 16.5. The van der Waals surface area contributed by atoms with Crippen molar-refractivity contribution in [2.75, 3.05) is 0 Å². The molecule has 0 aromatic rings. The molecule has 0 atom stereocenters. The van der Waals surface area contributed by atoms with E-state index in [2.05, 4.69) is 32.7 Å². The number of rotatable bonds is 16. The van der Waals surface area contributed by atoms with Gasteiger partial charge in [0.2, 0.25) is 0 Å². The summed E-state index contributed by atoms with van der Waals surface area (Å²) in [7, 11) is 0. The van der Waals surface area contributed by atoms with Crippen LogP contribution in [-0.2, 0) is 4.74 Å². The first-order chi connectivity index (χ1) is 12.2. The number of nitrogens with one attached hydrogen (secondary N) is 1. The number of hydrogen-bond acceptors (Lipinski definition) is 2. The molecule has 1 heterocycles. The average molecular weight is 350 g/mol. The number of ether oxygens (including phenoxy) is 1. The predicted octanol–water partition coefficient (Wildman–Crippen LogP) is 7.82. The van der Waals surface area contributed by atoms with Gasteiger partial charge in [-0.25, -0.2) is 0 Å². The molecule has 0 aromatic carbocycles. The van der Waals surface area contributed by atoms with Gasteiger partial charge in [-0.15, -0.1) is 0 Å². The second-order valence-electron chi connectivity index (χ2n) is 7.80. The highest BCUT2D eigenvalue weighted by molar-refractivity contribution is 5.16. The van der Waals surface area contributed by atoms with Crippen LogP contribution in [0.2, 0.25) is 0 Å². The van der Waals surface area contributed by atoms with Crippen LogP contribution < -0.4 is 5.32 Å². The summed E-state index contributed by atoms with van der Waals surface area (Å²) in [5.74, 6) is 1.78. The van der Waals surface area contributed by atoms with Gasteiger partial charge in [0.05, 0.1) is 0 Å². The van der Waals surface area contributed by atoms with Crippen molar-refractivity contribution in [1.82, 2.24) is 5.32 Å². The molecule has 0 fully saturated rings. The molecule has 0 aliphatic carbocycles. The van der Waals surface area contributed by atoms with Crippen LogP contribution in [-0.4, -0.2) is 0 Å². The van der Waals surface area contributed by atoms with Crippen molar-refractivity contribution in [3.63, 3.8) is 0 Å². The van der Waals surface area contributed by atoms with Crippen molar-refractivity contribution in [2.45, 2.75) is 117 Å². The van der Waals surface area contributed by atoms with E-state index in [4.69, 9.17) is 4.74 Å². The van der Waals surface area contributed by atoms with Crippen LogP contribution in [0.15, 0.2) is 24.4 Å². The van der Waals surface area contributed by atoms with E-state index in [0.29, 0.717) is 5.88 Å². The Morgan fingerprint density at radius 1 is 0.800 bits per heavy atom. The van der Waals surface area contributed by atoms with Gasteiger partial charge >= 0.3 is 0 Å². The third-order valence-electron chi connectivity index (χ3n) is 5.98. The summed E-state index contributed by atoms with van der Waals surface area (Å²) in [6, 6.07) is 0. The number of unbranched alkanes of at least 4 members (excludes halogenated alkanes) is 11. The van der Waals surface area contributed by atoms with Crippen LogP contribution >= 0.6 is 0 Å². The fourth-order valence-corrected chi connectivity index (χ4v) is 3.98. The highest BCUT2D eigenvalue weighted by Gasteiger charge is 2.34. The monoisotopic (exact) mass is 349 g/mol. The Bertz CT molecular complexity index is 382. The summed E-state index contributed by atoms with van der Waals surface area (Å²) < 4.78 is 5.82. The topological polar surface area (TPSA) is 21.3 Å². The van der Waals surface area contributed by atoms with E-state index < -0.39 is 0 Å². The zero-order chi connectivity index (χ0) is 18.4. The Balaban J connectivity index is 2.06. The molecule has 0 radical (unpaired) electrons. The lowest BCUT2D eigenvalue weighted by molar-refractivity contribution is 0.161. The second-order valence-corrected chi connectivity index (χ2v) is 7.80. The third-order valence-corrected chi connectivity index (χ3v) is 5.98. The standard InChI is InChI=1S/C23H43NO/c1-5-8-9-10-11-12-13-14-15-16-17-18-19-23(6-2,7-3)22-20-24-21(4)25-22/h20,24H,4-19H2,1-3H3. The van der Waals surface area contributed by atoms with Crippen molar-refractivity contribution in [3.8, 4) is 0 Å². The summed E-state index contributed by atoms with van der Waals surface area (Å²) in [6.45, 7) is 10.7. The lowest BCUT2D eigenvalue weighted by Gasteiger charge is -2.31. The molecule has 1 aliphatic heterocycles. The smallest absolute Gasteiger partial charge is 0.189 e. The Morgan fingerprint density at radius 2 is 1.28 bits per heavy atom. The minimum Gasteiger partial charge on any atom is -0.444 e. The van der Waals surface area contributed by atoms with Crippen LogP contribution in [0.1, 0.15) is 117 Å². The molecular formula is C23H43NO. The van der Waals surface area contributed by atoms with E-state index >= 15 is 0 Å². The molecule has 0 saturated carbocycles. The van der Waals surface area contributed by atoms with E-state index in [0.717, 1.165) is 18.6 Å². The minimum atomic E-state index is 0.199. The van der Waals surface area contributed by atoms with E-state index in [1.807, 2.05) is 6.20 Å². The molecule has 2 nitrogen and oxygen atoms in total. The van der Waals surface area contributed by atoms with Crippen LogP contribution in [0.3, 0.4) is 0 Å². The zero-order valence-electron chi connectivity index (χ0n) is 17.3. The van der Waals surface area contributed by atoms with Gasteiger partial charge in [-0.2, -0.15) is 0 Å². The average Bonchev–Trinajstić information content (AvgIpc) is 3.06.